The van der Waals surface area contributed by atoms with Crippen molar-refractivity contribution in [2.24, 2.45) is 16.5 Å². The van der Waals surface area contributed by atoms with Gasteiger partial charge in [-0.2, -0.15) is 0 Å². The Morgan fingerprint density at radius 3 is 3.08 bits per heavy atom. The van der Waals surface area contributed by atoms with Gasteiger partial charge in [0.25, 0.3) is 0 Å². The highest BCUT2D eigenvalue weighted by atomic mass is 16.5. The Kier molecular flexibility index (Phi) is 3.78. The summed E-state index contributed by atoms with van der Waals surface area (Å²) in [4.78, 5) is 12.6. The van der Waals surface area contributed by atoms with E-state index in [1.807, 2.05) is 13.0 Å². The average Bonchev–Trinajstić information content (AvgIpc) is 2.90. The van der Waals surface area contributed by atoms with Crippen molar-refractivity contribution in [2.45, 2.75) is 38.5 Å². The third-order valence-electron chi connectivity index (χ3n) is 6.24. The molecule has 1 N–H and O–H groups in total. The van der Waals surface area contributed by atoms with Crippen LogP contribution in [0.2, 0.25) is 0 Å². The summed E-state index contributed by atoms with van der Waals surface area (Å²) in [5.74, 6) is 1.43. The molecule has 3 aliphatic rings. The molecule has 4 heteroatoms. The molecule has 0 aromatic heterocycles. The smallest absolute Gasteiger partial charge is 0.186 e. The van der Waals surface area contributed by atoms with Gasteiger partial charge in [-0.1, -0.05) is 42.4 Å². The maximum absolute atomic E-state index is 12.6. The van der Waals surface area contributed by atoms with E-state index in [2.05, 4.69) is 29.9 Å². The fraction of sp³-hybridized carbons (Fsp3) is 0.429. The van der Waals surface area contributed by atoms with Crippen LogP contribution in [0.3, 0.4) is 0 Å². The second-order valence-electron chi connectivity index (χ2n) is 7.51. The Balaban J connectivity index is 1.67. The van der Waals surface area contributed by atoms with Crippen LogP contribution < -0.4 is 4.74 Å². The Hall–Kier alpha value is -2.36. The quantitative estimate of drug-likeness (QED) is 0.514. The van der Waals surface area contributed by atoms with Gasteiger partial charge in [0.05, 0.1) is 0 Å². The summed E-state index contributed by atoms with van der Waals surface area (Å²) in [5, 5.41) is 12.5. The zero-order chi connectivity index (χ0) is 17.6. The molecule has 0 aliphatic heterocycles. The third kappa shape index (κ3) is 2.35. The lowest BCUT2D eigenvalue weighted by Crippen LogP contribution is -2.37. The molecule has 4 rings (SSSR count). The first-order valence-corrected chi connectivity index (χ1v) is 8.90. The monoisotopic (exact) mass is 337 g/mol. The van der Waals surface area contributed by atoms with Gasteiger partial charge < -0.3 is 9.94 Å². The number of oxime groups is 1. The van der Waals surface area contributed by atoms with E-state index < -0.39 is 5.41 Å². The van der Waals surface area contributed by atoms with Crippen LogP contribution in [-0.4, -0.2) is 23.3 Å². The van der Waals surface area contributed by atoms with Crippen molar-refractivity contribution >= 4 is 11.5 Å². The number of hydrogen-bond acceptors (Lipinski definition) is 4. The number of ether oxygens (including phenoxy) is 1. The SMILES string of the molecule is C=CCOc1ccc2c(c1)CC=C1C2CCC2(C)C(=O)C(=NO)CC12. The Morgan fingerprint density at radius 1 is 1.48 bits per heavy atom. The molecule has 3 aliphatic carbocycles. The highest BCUT2D eigenvalue weighted by Gasteiger charge is 2.55. The molecule has 3 atom stereocenters. The molecule has 1 aromatic carbocycles. The molecular weight excluding hydrogens is 314 g/mol. The van der Waals surface area contributed by atoms with Crippen LogP contribution in [-0.2, 0) is 11.2 Å². The minimum absolute atomic E-state index is 0.0262. The van der Waals surface area contributed by atoms with Crippen molar-refractivity contribution in [2.75, 3.05) is 6.61 Å². The number of carbonyl (C=O) groups is 1. The number of fused-ring (bicyclic) bond motifs is 5. The Bertz CT molecular complexity index is 807. The summed E-state index contributed by atoms with van der Waals surface area (Å²) >= 11 is 0. The Morgan fingerprint density at radius 2 is 2.32 bits per heavy atom. The predicted molar refractivity (Wildman–Crippen MR) is 96.3 cm³/mol. The van der Waals surface area contributed by atoms with Crippen molar-refractivity contribution in [1.29, 1.82) is 0 Å². The largest absolute Gasteiger partial charge is 0.490 e. The first-order chi connectivity index (χ1) is 12.1. The summed E-state index contributed by atoms with van der Waals surface area (Å²) in [6, 6.07) is 6.33. The van der Waals surface area contributed by atoms with Crippen LogP contribution in [0, 0.1) is 11.3 Å². The number of benzene rings is 1. The number of rotatable bonds is 3. The fourth-order valence-corrected chi connectivity index (χ4v) is 4.90. The molecule has 2 saturated carbocycles. The topological polar surface area (TPSA) is 58.9 Å². The Labute approximate surface area is 147 Å². The van der Waals surface area contributed by atoms with Gasteiger partial charge >= 0.3 is 0 Å². The highest BCUT2D eigenvalue weighted by molar-refractivity contribution is 6.43. The number of Topliss-reactive ketones (excluding diaryl/α,β-unsaturated/α-hetero) is 1. The highest BCUT2D eigenvalue weighted by Crippen LogP contribution is 2.57. The van der Waals surface area contributed by atoms with Crippen LogP contribution in [0.1, 0.15) is 43.2 Å². The van der Waals surface area contributed by atoms with Crippen molar-refractivity contribution in [3.63, 3.8) is 0 Å². The fourth-order valence-electron chi connectivity index (χ4n) is 4.90. The number of nitrogens with zero attached hydrogens (tertiary/aromatic N) is 1. The van der Waals surface area contributed by atoms with Gasteiger partial charge in [0, 0.05) is 17.8 Å². The number of ketones is 1. The zero-order valence-corrected chi connectivity index (χ0v) is 14.5. The van der Waals surface area contributed by atoms with E-state index in [-0.39, 0.29) is 11.7 Å². The summed E-state index contributed by atoms with van der Waals surface area (Å²) in [6.07, 6.45) is 7.26. The van der Waals surface area contributed by atoms with Gasteiger partial charge in [-0.3, -0.25) is 4.79 Å². The average molecular weight is 337 g/mol. The third-order valence-corrected chi connectivity index (χ3v) is 6.24. The lowest BCUT2D eigenvalue weighted by molar-refractivity contribution is -0.122. The van der Waals surface area contributed by atoms with Crippen LogP contribution in [0.15, 0.2) is 47.7 Å². The maximum Gasteiger partial charge on any atom is 0.186 e. The van der Waals surface area contributed by atoms with E-state index in [1.165, 1.54) is 16.7 Å². The van der Waals surface area contributed by atoms with Crippen LogP contribution in [0.5, 0.6) is 5.75 Å². The van der Waals surface area contributed by atoms with Crippen molar-refractivity contribution in [3.05, 3.63) is 53.6 Å². The molecular formula is C21H23NO3. The maximum atomic E-state index is 12.6. The van der Waals surface area contributed by atoms with Gasteiger partial charge in [-0.25, -0.2) is 0 Å². The zero-order valence-electron chi connectivity index (χ0n) is 14.5. The molecule has 3 unspecified atom stereocenters. The van der Waals surface area contributed by atoms with Gasteiger partial charge in [0.15, 0.2) is 5.78 Å². The van der Waals surface area contributed by atoms with Gasteiger partial charge in [0.1, 0.15) is 18.1 Å². The first kappa shape index (κ1) is 16.1. The molecule has 130 valence electrons. The van der Waals surface area contributed by atoms with Gasteiger partial charge in [-0.05, 0) is 48.4 Å². The normalized spacial score (nSPS) is 31.8. The number of allylic oxidation sites excluding steroid dienone is 2. The minimum Gasteiger partial charge on any atom is -0.490 e. The second kappa shape index (κ2) is 5.87. The molecule has 0 radical (unpaired) electrons. The lowest BCUT2D eigenvalue weighted by Gasteiger charge is -2.43. The standard InChI is InChI=1S/C21H23NO3/c1-3-10-25-14-5-7-15-13(11-14)4-6-17-16(15)8-9-21(2)18(17)12-19(22-24)20(21)23/h3,5-7,11,16,18,24H,1,4,8-10,12H2,2H3. The molecule has 2 fully saturated rings. The molecule has 1 aromatic rings. The predicted octanol–water partition coefficient (Wildman–Crippen LogP) is 4.04. The molecule has 25 heavy (non-hydrogen) atoms. The van der Waals surface area contributed by atoms with Crippen LogP contribution in [0.25, 0.3) is 0 Å². The molecule has 0 spiro atoms. The summed E-state index contributed by atoms with van der Waals surface area (Å²) in [7, 11) is 0. The molecule has 0 heterocycles. The molecule has 4 nitrogen and oxygen atoms in total. The summed E-state index contributed by atoms with van der Waals surface area (Å²) in [6.45, 7) is 6.23. The summed E-state index contributed by atoms with van der Waals surface area (Å²) in [5.41, 5.74) is 3.95. The van der Waals surface area contributed by atoms with Crippen LogP contribution in [0.4, 0.5) is 0 Å². The van der Waals surface area contributed by atoms with Crippen molar-refractivity contribution in [1.82, 2.24) is 0 Å². The van der Waals surface area contributed by atoms with E-state index in [9.17, 15) is 10.0 Å². The van der Waals surface area contributed by atoms with Crippen molar-refractivity contribution in [3.8, 4) is 5.75 Å². The lowest BCUT2D eigenvalue weighted by atomic mass is 9.60. The molecule has 0 bridgehead atoms. The van der Waals surface area contributed by atoms with E-state index in [1.54, 1.807) is 6.08 Å². The van der Waals surface area contributed by atoms with Crippen LogP contribution >= 0.6 is 0 Å². The van der Waals surface area contributed by atoms with E-state index in [4.69, 9.17) is 4.74 Å². The number of hydrogen-bond donors (Lipinski definition) is 1. The minimum atomic E-state index is -0.408. The van der Waals surface area contributed by atoms with Crippen molar-refractivity contribution < 1.29 is 14.7 Å². The first-order valence-electron chi connectivity index (χ1n) is 8.90. The molecule has 0 saturated heterocycles. The van der Waals surface area contributed by atoms with Gasteiger partial charge in [-0.15, -0.1) is 0 Å². The van der Waals surface area contributed by atoms with E-state index in [0.717, 1.165) is 25.0 Å². The second-order valence-corrected chi connectivity index (χ2v) is 7.51. The van der Waals surface area contributed by atoms with E-state index >= 15 is 0 Å². The van der Waals surface area contributed by atoms with Gasteiger partial charge in [0.2, 0.25) is 0 Å². The van der Waals surface area contributed by atoms with E-state index in [0.29, 0.717) is 24.7 Å². The summed E-state index contributed by atoms with van der Waals surface area (Å²) < 4.78 is 5.66. The number of carbonyl (C=O) groups excluding carboxylic acids is 1. The molecule has 0 amide bonds.